The summed E-state index contributed by atoms with van der Waals surface area (Å²) in [7, 11) is -1.83. The Bertz CT molecular complexity index is 1140. The van der Waals surface area contributed by atoms with Gasteiger partial charge >= 0.3 is 0 Å². The van der Waals surface area contributed by atoms with E-state index in [0.29, 0.717) is 25.4 Å². The average Bonchev–Trinajstić information content (AvgIpc) is 3.54. The summed E-state index contributed by atoms with van der Waals surface area (Å²) >= 11 is 0. The van der Waals surface area contributed by atoms with Gasteiger partial charge in [0, 0.05) is 30.7 Å². The molecule has 8 heteroatoms. The number of amides is 2. The molecule has 31 heavy (non-hydrogen) atoms. The minimum atomic E-state index is -3.89. The molecule has 2 aliphatic rings. The van der Waals surface area contributed by atoms with Gasteiger partial charge in [-0.05, 0) is 63.1 Å². The van der Waals surface area contributed by atoms with Crippen molar-refractivity contribution in [2.24, 2.45) is 0 Å². The van der Waals surface area contributed by atoms with Crippen LogP contribution in [0.25, 0.3) is 0 Å². The van der Waals surface area contributed by atoms with E-state index in [1.807, 2.05) is 24.3 Å². The summed E-state index contributed by atoms with van der Waals surface area (Å²) in [6, 6.07) is 12.3. The quantitative estimate of drug-likeness (QED) is 0.714. The van der Waals surface area contributed by atoms with Gasteiger partial charge in [-0.2, -0.15) is 0 Å². The van der Waals surface area contributed by atoms with Gasteiger partial charge in [0.25, 0.3) is 21.8 Å². The van der Waals surface area contributed by atoms with Crippen LogP contribution in [0.15, 0.2) is 47.4 Å². The normalized spacial score (nSPS) is 17.3. The van der Waals surface area contributed by atoms with Crippen LogP contribution in [0.5, 0.6) is 0 Å². The van der Waals surface area contributed by atoms with E-state index in [1.54, 1.807) is 0 Å². The lowest BCUT2D eigenvalue weighted by molar-refractivity contribution is 0.0863. The molecule has 2 amide bonds. The zero-order chi connectivity index (χ0) is 22.3. The Morgan fingerprint density at radius 2 is 1.84 bits per heavy atom. The highest BCUT2D eigenvalue weighted by Crippen LogP contribution is 2.39. The Labute approximate surface area is 183 Å². The minimum Gasteiger partial charge on any atom is -0.348 e. The van der Waals surface area contributed by atoms with Gasteiger partial charge in [-0.3, -0.25) is 14.5 Å². The molecular weight excluding hydrogens is 414 g/mol. The second kappa shape index (κ2) is 8.09. The van der Waals surface area contributed by atoms with Crippen LogP contribution in [0.3, 0.4) is 0 Å². The predicted octanol–water partition coefficient (Wildman–Crippen LogP) is 2.76. The summed E-state index contributed by atoms with van der Waals surface area (Å²) in [5, 5.41) is 2.88. The number of hydrogen-bond donors (Lipinski definition) is 1. The van der Waals surface area contributed by atoms with E-state index in [1.165, 1.54) is 18.2 Å². The summed E-state index contributed by atoms with van der Waals surface area (Å²) in [5.74, 6) is -0.866. The molecule has 1 aliphatic carbocycles. The lowest BCUT2D eigenvalue weighted by atomic mass is 10.1. The highest BCUT2D eigenvalue weighted by Gasteiger charge is 2.48. The molecule has 0 atom stereocenters. The van der Waals surface area contributed by atoms with E-state index in [2.05, 4.69) is 31.1 Å². The summed E-state index contributed by atoms with van der Waals surface area (Å²) in [4.78, 5) is 27.4. The molecule has 164 valence electrons. The van der Waals surface area contributed by atoms with Gasteiger partial charge in [0.1, 0.15) is 4.90 Å². The number of benzene rings is 2. The Kier molecular flexibility index (Phi) is 5.61. The van der Waals surface area contributed by atoms with Gasteiger partial charge in [0.15, 0.2) is 0 Å². The molecule has 2 aromatic carbocycles. The van der Waals surface area contributed by atoms with Crippen LogP contribution in [-0.2, 0) is 23.1 Å². The van der Waals surface area contributed by atoms with E-state index >= 15 is 0 Å². The molecule has 0 radical (unpaired) electrons. The zero-order valence-corrected chi connectivity index (χ0v) is 18.8. The van der Waals surface area contributed by atoms with Crippen molar-refractivity contribution in [2.75, 3.05) is 7.05 Å². The fourth-order valence-corrected chi connectivity index (χ4v) is 5.51. The fourth-order valence-electron chi connectivity index (χ4n) is 3.67. The first-order valence-electron chi connectivity index (χ1n) is 10.5. The number of fused-ring (bicyclic) bond motifs is 1. The largest absolute Gasteiger partial charge is 0.348 e. The second-order valence-electron chi connectivity index (χ2n) is 8.51. The van der Waals surface area contributed by atoms with Crippen molar-refractivity contribution in [3.63, 3.8) is 0 Å². The summed E-state index contributed by atoms with van der Waals surface area (Å²) < 4.78 is 26.6. The molecule has 0 spiro atoms. The van der Waals surface area contributed by atoms with Crippen LogP contribution < -0.4 is 5.32 Å². The predicted molar refractivity (Wildman–Crippen MR) is 117 cm³/mol. The van der Waals surface area contributed by atoms with Gasteiger partial charge in [-0.15, -0.1) is 0 Å². The maximum absolute atomic E-state index is 12.8. The SMILES string of the molecule is CC(C)N(C)Cc1ccccc1CNC(=O)c1ccc2c(c1)S(=O)(=O)N(C1CC1)C2=O. The van der Waals surface area contributed by atoms with Gasteiger partial charge in [-0.1, -0.05) is 24.3 Å². The van der Waals surface area contributed by atoms with E-state index in [-0.39, 0.29) is 28.0 Å². The summed E-state index contributed by atoms with van der Waals surface area (Å²) in [6.45, 7) is 5.35. The number of hydrogen-bond acceptors (Lipinski definition) is 5. The van der Waals surface area contributed by atoms with E-state index in [0.717, 1.165) is 22.0 Å². The molecule has 1 saturated carbocycles. The lowest BCUT2D eigenvalue weighted by Crippen LogP contribution is -2.32. The number of nitrogens with one attached hydrogen (secondary N) is 1. The molecule has 2 aromatic rings. The van der Waals surface area contributed by atoms with Crippen molar-refractivity contribution in [1.82, 2.24) is 14.5 Å². The van der Waals surface area contributed by atoms with Crippen LogP contribution in [-0.4, -0.2) is 48.6 Å². The highest BCUT2D eigenvalue weighted by atomic mass is 32.2. The summed E-state index contributed by atoms with van der Waals surface area (Å²) in [5.41, 5.74) is 2.50. The van der Waals surface area contributed by atoms with Crippen LogP contribution >= 0.6 is 0 Å². The van der Waals surface area contributed by atoms with Crippen LogP contribution in [0.2, 0.25) is 0 Å². The Hall–Kier alpha value is -2.71. The van der Waals surface area contributed by atoms with Crippen molar-refractivity contribution in [3.05, 3.63) is 64.7 Å². The summed E-state index contributed by atoms with van der Waals surface area (Å²) in [6.07, 6.45) is 1.38. The van der Waals surface area contributed by atoms with Crippen molar-refractivity contribution in [2.45, 2.75) is 56.8 Å². The lowest BCUT2D eigenvalue weighted by Gasteiger charge is -2.22. The standard InChI is InChI=1S/C23H27N3O4S/c1-15(2)25(3)14-18-7-5-4-6-17(18)13-24-22(27)16-8-11-20-21(12-16)31(29,30)26(23(20)28)19-9-10-19/h4-8,11-12,15,19H,9-10,13-14H2,1-3H3,(H,24,27). The third-order valence-corrected chi connectivity index (χ3v) is 7.82. The molecule has 1 heterocycles. The first kappa shape index (κ1) is 21.5. The van der Waals surface area contributed by atoms with Crippen molar-refractivity contribution in [3.8, 4) is 0 Å². The van der Waals surface area contributed by atoms with Crippen molar-refractivity contribution >= 4 is 21.8 Å². The van der Waals surface area contributed by atoms with E-state index in [9.17, 15) is 18.0 Å². The maximum atomic E-state index is 12.8. The van der Waals surface area contributed by atoms with Gasteiger partial charge in [0.2, 0.25) is 0 Å². The molecular formula is C23H27N3O4S. The van der Waals surface area contributed by atoms with Gasteiger partial charge in [0.05, 0.1) is 5.56 Å². The minimum absolute atomic E-state index is 0.0731. The molecule has 0 aromatic heterocycles. The Morgan fingerprint density at radius 1 is 1.16 bits per heavy atom. The maximum Gasteiger partial charge on any atom is 0.269 e. The monoisotopic (exact) mass is 441 g/mol. The smallest absolute Gasteiger partial charge is 0.269 e. The third kappa shape index (κ3) is 4.09. The van der Waals surface area contributed by atoms with Gasteiger partial charge in [-0.25, -0.2) is 12.7 Å². The fraction of sp³-hybridized carbons (Fsp3) is 0.391. The van der Waals surface area contributed by atoms with E-state index < -0.39 is 15.9 Å². The number of nitrogens with zero attached hydrogens (tertiary/aromatic N) is 2. The third-order valence-electron chi connectivity index (χ3n) is 5.95. The molecule has 0 saturated heterocycles. The number of rotatable bonds is 7. The highest BCUT2D eigenvalue weighted by molar-refractivity contribution is 7.90. The Balaban J connectivity index is 1.51. The topological polar surface area (TPSA) is 86.8 Å². The molecule has 1 aliphatic heterocycles. The van der Waals surface area contributed by atoms with Crippen LogP contribution in [0, 0.1) is 0 Å². The zero-order valence-electron chi connectivity index (χ0n) is 18.0. The molecule has 1 fully saturated rings. The molecule has 0 bridgehead atoms. The first-order chi connectivity index (χ1) is 14.7. The van der Waals surface area contributed by atoms with Crippen LogP contribution in [0.4, 0.5) is 0 Å². The van der Waals surface area contributed by atoms with Crippen LogP contribution in [0.1, 0.15) is 58.5 Å². The Morgan fingerprint density at radius 3 is 2.48 bits per heavy atom. The number of carbonyl (C=O) groups excluding carboxylic acids is 2. The second-order valence-corrected chi connectivity index (χ2v) is 10.3. The van der Waals surface area contributed by atoms with E-state index in [4.69, 9.17) is 0 Å². The molecule has 7 nitrogen and oxygen atoms in total. The number of sulfonamides is 1. The number of carbonyl (C=O) groups is 2. The average molecular weight is 442 g/mol. The van der Waals surface area contributed by atoms with Gasteiger partial charge < -0.3 is 5.32 Å². The van der Waals surface area contributed by atoms with Crippen molar-refractivity contribution < 1.29 is 18.0 Å². The first-order valence-corrected chi connectivity index (χ1v) is 11.9. The molecule has 4 rings (SSSR count). The molecule has 0 unspecified atom stereocenters. The van der Waals surface area contributed by atoms with Crippen molar-refractivity contribution in [1.29, 1.82) is 0 Å². The molecule has 1 N–H and O–H groups in total.